The molecule has 0 radical (unpaired) electrons. The highest BCUT2D eigenvalue weighted by Crippen LogP contribution is 2.23. The summed E-state index contributed by atoms with van der Waals surface area (Å²) in [5, 5.41) is 10.9. The second-order valence-corrected chi connectivity index (χ2v) is 29.3. The molecule has 3 N–H and O–H groups in total. The van der Waals surface area contributed by atoms with E-state index in [2.05, 4.69) is 68.1 Å². The summed E-state index contributed by atoms with van der Waals surface area (Å²) < 4.78 is 0. The Morgan fingerprint density at radius 2 is 0.511 bits per heavy atom. The van der Waals surface area contributed by atoms with Crippen LogP contribution in [-0.4, -0.2) is 162 Å². The fourth-order valence-corrected chi connectivity index (χ4v) is 14.6. The van der Waals surface area contributed by atoms with Crippen LogP contribution in [0.25, 0.3) is 0 Å². The van der Waals surface area contributed by atoms with E-state index in [0.29, 0.717) is 0 Å². The Morgan fingerprint density at radius 1 is 0.261 bits per heavy atom. The molecule has 0 aromatic heterocycles. The Kier molecular flexibility index (Phi) is 66.2. The lowest BCUT2D eigenvalue weighted by Crippen LogP contribution is -2.47. The van der Waals surface area contributed by atoms with Crippen molar-refractivity contribution in [1.82, 2.24) is 40.4 Å². The molecule has 0 aromatic rings. The Labute approximate surface area is 555 Å². The van der Waals surface area contributed by atoms with Crippen molar-refractivity contribution in [1.29, 1.82) is 0 Å². The van der Waals surface area contributed by atoms with Crippen molar-refractivity contribution in [3.8, 4) is 0 Å². The summed E-state index contributed by atoms with van der Waals surface area (Å²) in [5.74, 6) is 0.977. The van der Waals surface area contributed by atoms with Crippen LogP contribution in [0.2, 0.25) is 0 Å². The average Bonchev–Trinajstić information content (AvgIpc) is 3.58. The third-order valence-corrected chi connectivity index (χ3v) is 21.1. The highest BCUT2D eigenvalue weighted by Gasteiger charge is 2.16. The number of piperazine rings is 2. The van der Waals surface area contributed by atoms with Crippen LogP contribution in [0.3, 0.4) is 0 Å². The van der Waals surface area contributed by atoms with Crippen molar-refractivity contribution in [3.63, 3.8) is 0 Å². The van der Waals surface area contributed by atoms with Crippen LogP contribution < -0.4 is 16.0 Å². The molecule has 2 aliphatic rings. The Morgan fingerprint density at radius 3 is 0.807 bits per heavy atom. The predicted octanol–water partition coefficient (Wildman–Crippen LogP) is 21.1. The number of rotatable bonds is 73. The van der Waals surface area contributed by atoms with E-state index in [1.165, 1.54) is 465 Å². The smallest absolute Gasteiger partial charge is 0.0110 e. The third kappa shape index (κ3) is 58.3. The zero-order chi connectivity index (χ0) is 62.6. The SMILES string of the molecule is CCCCCCCCCCCCCCNCCN(CCCCCCCCCCCCCCC(CC)CCCCCCCCCN(CCCCCCCCCCCC)CCN(CCCCCCCCCCCC)CCN1CCNCC1)CCN1CCNCC1. The molecule has 1 unspecified atom stereocenters. The van der Waals surface area contributed by atoms with E-state index in [4.69, 9.17) is 0 Å². The summed E-state index contributed by atoms with van der Waals surface area (Å²) in [6.45, 7) is 35.5. The number of hydrogen-bond donors (Lipinski definition) is 3. The molecule has 88 heavy (non-hydrogen) atoms. The van der Waals surface area contributed by atoms with Gasteiger partial charge in [0, 0.05) is 105 Å². The lowest BCUT2D eigenvalue weighted by atomic mass is 9.92. The molecule has 8 nitrogen and oxygen atoms in total. The van der Waals surface area contributed by atoms with Gasteiger partial charge in [-0.05, 0) is 70.7 Å². The van der Waals surface area contributed by atoms with Crippen molar-refractivity contribution >= 4 is 0 Å². The van der Waals surface area contributed by atoms with Crippen LogP contribution in [0.5, 0.6) is 0 Å². The largest absolute Gasteiger partial charge is 0.315 e. The van der Waals surface area contributed by atoms with Gasteiger partial charge in [0.1, 0.15) is 0 Å². The molecule has 0 aliphatic carbocycles. The fourth-order valence-electron chi connectivity index (χ4n) is 14.6. The molecular weight excluding hydrogens is 1070 g/mol. The van der Waals surface area contributed by atoms with Gasteiger partial charge < -0.3 is 30.7 Å². The maximum absolute atomic E-state index is 3.82. The molecule has 0 saturated carbocycles. The van der Waals surface area contributed by atoms with E-state index in [9.17, 15) is 0 Å². The fraction of sp³-hybridized carbons (Fsp3) is 1.00. The number of nitrogens with zero attached hydrogens (tertiary/aromatic N) is 5. The van der Waals surface area contributed by atoms with E-state index in [0.717, 1.165) is 25.6 Å². The van der Waals surface area contributed by atoms with Gasteiger partial charge in [0.2, 0.25) is 0 Å². The number of nitrogens with one attached hydrogen (secondary N) is 3. The topological polar surface area (TPSA) is 52.3 Å². The van der Waals surface area contributed by atoms with E-state index in [1.54, 1.807) is 0 Å². The van der Waals surface area contributed by atoms with Crippen LogP contribution in [0.15, 0.2) is 0 Å². The molecule has 2 heterocycles. The van der Waals surface area contributed by atoms with Gasteiger partial charge in [-0.1, -0.05) is 342 Å². The molecule has 2 saturated heterocycles. The summed E-state index contributed by atoms with van der Waals surface area (Å²) in [6.07, 6.45) is 78.0. The standard InChI is InChI=1S/C80H166N8/c1-5-9-12-15-18-21-24-28-31-38-45-52-59-81-60-69-85(75-78-87-70-61-82-62-71-87)67-55-48-40-34-29-26-25-27-30-36-43-50-57-80(8-4)58-51-44-37-35-42-47-54-66-84(65-53-46-39-32-22-19-16-13-10-6-2)74-76-86(77-79-88-72-63-83-64-73-88)68-56-49-41-33-23-20-17-14-11-7-3/h80-83H,5-79H2,1-4H3. The van der Waals surface area contributed by atoms with E-state index >= 15 is 0 Å². The van der Waals surface area contributed by atoms with Gasteiger partial charge in [-0.15, -0.1) is 0 Å². The van der Waals surface area contributed by atoms with Crippen LogP contribution in [-0.2, 0) is 0 Å². The molecule has 2 rings (SSSR count). The first-order chi connectivity index (χ1) is 43.7. The maximum atomic E-state index is 3.82. The highest BCUT2D eigenvalue weighted by molar-refractivity contribution is 4.73. The normalized spacial score (nSPS) is 14.9. The zero-order valence-corrected chi connectivity index (χ0v) is 61.3. The van der Waals surface area contributed by atoms with Gasteiger partial charge in [0.15, 0.2) is 0 Å². The van der Waals surface area contributed by atoms with E-state index < -0.39 is 0 Å². The molecule has 526 valence electrons. The molecular formula is C80H166N8. The highest BCUT2D eigenvalue weighted by atomic mass is 15.2. The summed E-state index contributed by atoms with van der Waals surface area (Å²) in [7, 11) is 0. The number of hydrogen-bond acceptors (Lipinski definition) is 8. The Hall–Kier alpha value is -0.320. The quantitative estimate of drug-likeness (QED) is 0.0521. The van der Waals surface area contributed by atoms with Crippen LogP contribution in [0.1, 0.15) is 374 Å². The van der Waals surface area contributed by atoms with Crippen LogP contribution in [0.4, 0.5) is 0 Å². The minimum Gasteiger partial charge on any atom is -0.315 e. The summed E-state index contributed by atoms with van der Waals surface area (Å²) >= 11 is 0. The van der Waals surface area contributed by atoms with Gasteiger partial charge in [0.05, 0.1) is 0 Å². The van der Waals surface area contributed by atoms with Crippen molar-refractivity contribution in [2.24, 2.45) is 5.92 Å². The van der Waals surface area contributed by atoms with Crippen LogP contribution >= 0.6 is 0 Å². The van der Waals surface area contributed by atoms with Gasteiger partial charge in [-0.25, -0.2) is 0 Å². The molecule has 0 bridgehead atoms. The summed E-state index contributed by atoms with van der Waals surface area (Å²) in [6, 6.07) is 0. The zero-order valence-electron chi connectivity index (χ0n) is 61.3. The van der Waals surface area contributed by atoms with E-state index in [1.807, 2.05) is 0 Å². The molecule has 8 heteroatoms. The van der Waals surface area contributed by atoms with Crippen molar-refractivity contribution < 1.29 is 0 Å². The third-order valence-electron chi connectivity index (χ3n) is 21.1. The molecule has 2 fully saturated rings. The minimum absolute atomic E-state index is 0.977. The first kappa shape index (κ1) is 83.8. The first-order valence-electron chi connectivity index (χ1n) is 41.4. The lowest BCUT2D eigenvalue weighted by Gasteiger charge is -2.32. The minimum atomic E-state index is 0.977. The monoisotopic (exact) mass is 1240 g/mol. The summed E-state index contributed by atoms with van der Waals surface area (Å²) in [5.41, 5.74) is 0. The first-order valence-corrected chi connectivity index (χ1v) is 41.4. The molecule has 0 spiro atoms. The van der Waals surface area contributed by atoms with E-state index in [-0.39, 0.29) is 0 Å². The number of unbranched alkanes of at least 4 members (excludes halogenated alkanes) is 46. The predicted molar refractivity (Wildman–Crippen MR) is 396 cm³/mol. The average molecular weight is 1240 g/mol. The Bertz CT molecular complexity index is 1290. The van der Waals surface area contributed by atoms with Gasteiger partial charge >= 0.3 is 0 Å². The maximum Gasteiger partial charge on any atom is 0.0110 e. The van der Waals surface area contributed by atoms with Crippen molar-refractivity contribution in [2.75, 3.05) is 137 Å². The second-order valence-electron chi connectivity index (χ2n) is 29.3. The van der Waals surface area contributed by atoms with Crippen molar-refractivity contribution in [3.05, 3.63) is 0 Å². The van der Waals surface area contributed by atoms with Gasteiger partial charge in [-0.2, -0.15) is 0 Å². The lowest BCUT2D eigenvalue weighted by molar-refractivity contribution is 0.163. The molecule has 1 atom stereocenters. The second kappa shape index (κ2) is 69.5. The van der Waals surface area contributed by atoms with Crippen molar-refractivity contribution in [2.45, 2.75) is 374 Å². The molecule has 0 amide bonds. The van der Waals surface area contributed by atoms with Gasteiger partial charge in [-0.3, -0.25) is 9.80 Å². The molecule has 0 aromatic carbocycles. The Balaban J connectivity index is 1.53. The summed E-state index contributed by atoms with van der Waals surface area (Å²) in [4.78, 5) is 14.0. The van der Waals surface area contributed by atoms with Crippen LogP contribution in [0, 0.1) is 5.92 Å². The van der Waals surface area contributed by atoms with Gasteiger partial charge in [0.25, 0.3) is 0 Å². The molecule has 2 aliphatic heterocycles.